The van der Waals surface area contributed by atoms with E-state index in [2.05, 4.69) is 179 Å². The molecule has 0 saturated carbocycles. The van der Waals surface area contributed by atoms with E-state index >= 15 is 0 Å². The van der Waals surface area contributed by atoms with Crippen LogP contribution in [-0.4, -0.2) is 19.1 Å². The minimum Gasteiger partial charge on any atom is -0.309 e. The van der Waals surface area contributed by atoms with Crippen molar-refractivity contribution in [2.45, 2.75) is 0 Å². The standard InChI is InChI=1S/C48H28N4S/c1-2-15-31(16-3-1)51-38-22-10-7-18-33(38)45-40(51)25-26-41-46(45)34-19-8-11-23-39(34)52(41)48-49-37-21-9-6-17-32(37)47(50-48)35-20-12-24-42-44(35)36-27-29-13-4-5-14-30(29)28-43(36)53-42/h1-28H. The number of rotatable bonds is 3. The Hall–Kier alpha value is -6.82. The molecule has 0 amide bonds. The van der Waals surface area contributed by atoms with Crippen LogP contribution < -0.4 is 0 Å². The monoisotopic (exact) mass is 692 g/mol. The van der Waals surface area contributed by atoms with Crippen LogP contribution in [-0.2, 0) is 0 Å². The average Bonchev–Trinajstić information content (AvgIpc) is 3.87. The molecule has 4 nitrogen and oxygen atoms in total. The molecule has 0 unspecified atom stereocenters. The summed E-state index contributed by atoms with van der Waals surface area (Å²) in [5.74, 6) is 0.665. The number of benzene rings is 8. The molecule has 12 aromatic rings. The van der Waals surface area contributed by atoms with E-state index in [1.165, 1.54) is 63.5 Å². The van der Waals surface area contributed by atoms with Crippen molar-refractivity contribution in [1.29, 1.82) is 0 Å². The fourth-order valence-electron chi connectivity index (χ4n) is 8.67. The fourth-order valence-corrected chi connectivity index (χ4v) is 9.83. The molecule has 12 rings (SSSR count). The number of hydrogen-bond donors (Lipinski definition) is 0. The molecule has 5 heteroatoms. The third-order valence-electron chi connectivity index (χ3n) is 10.9. The molecule has 0 atom stereocenters. The molecular weight excluding hydrogens is 665 g/mol. The molecule has 246 valence electrons. The summed E-state index contributed by atoms with van der Waals surface area (Å²) in [6.07, 6.45) is 0. The van der Waals surface area contributed by atoms with E-state index in [9.17, 15) is 0 Å². The zero-order valence-electron chi connectivity index (χ0n) is 28.4. The van der Waals surface area contributed by atoms with Gasteiger partial charge < -0.3 is 4.57 Å². The topological polar surface area (TPSA) is 35.6 Å². The second kappa shape index (κ2) is 10.8. The van der Waals surface area contributed by atoms with Gasteiger partial charge in [0.2, 0.25) is 5.95 Å². The summed E-state index contributed by atoms with van der Waals surface area (Å²) in [5.41, 5.74) is 8.66. The number of aromatic nitrogens is 4. The van der Waals surface area contributed by atoms with E-state index in [-0.39, 0.29) is 0 Å². The minimum atomic E-state index is 0.665. The van der Waals surface area contributed by atoms with Crippen LogP contribution in [0.1, 0.15) is 0 Å². The third kappa shape index (κ3) is 4.05. The molecule has 0 bridgehead atoms. The third-order valence-corrected chi connectivity index (χ3v) is 12.0. The van der Waals surface area contributed by atoms with Gasteiger partial charge in [0.05, 0.1) is 33.3 Å². The first-order chi connectivity index (χ1) is 26.3. The SMILES string of the molecule is c1ccc(-n2c3ccccc3c3c4c5ccccc5n(-c5nc(-c6cccc7sc8cc9ccccc9cc8c67)c6ccccc6n5)c4ccc32)cc1. The molecule has 8 aromatic carbocycles. The first-order valence-corrected chi connectivity index (χ1v) is 18.7. The predicted octanol–water partition coefficient (Wildman–Crippen LogP) is 13.0. The first-order valence-electron chi connectivity index (χ1n) is 17.9. The summed E-state index contributed by atoms with van der Waals surface area (Å²) in [4.78, 5) is 10.9. The Balaban J connectivity index is 1.19. The number of para-hydroxylation sites is 4. The molecule has 0 aliphatic carbocycles. The minimum absolute atomic E-state index is 0.665. The van der Waals surface area contributed by atoms with Gasteiger partial charge in [-0.2, -0.15) is 0 Å². The predicted molar refractivity (Wildman–Crippen MR) is 224 cm³/mol. The Bertz CT molecular complexity index is 3460. The zero-order chi connectivity index (χ0) is 34.6. The van der Waals surface area contributed by atoms with Crippen molar-refractivity contribution < 1.29 is 0 Å². The Kier molecular flexibility index (Phi) is 5.90. The van der Waals surface area contributed by atoms with Crippen LogP contribution in [0.25, 0.3) is 108 Å². The van der Waals surface area contributed by atoms with Gasteiger partial charge in [-0.15, -0.1) is 11.3 Å². The Morgan fingerprint density at radius 3 is 1.79 bits per heavy atom. The molecular formula is C48H28N4S. The lowest BCUT2D eigenvalue weighted by Crippen LogP contribution is -2.03. The van der Waals surface area contributed by atoms with Crippen LogP contribution in [0.3, 0.4) is 0 Å². The van der Waals surface area contributed by atoms with Gasteiger partial charge in [0.1, 0.15) is 0 Å². The maximum Gasteiger partial charge on any atom is 0.235 e. The maximum atomic E-state index is 5.56. The highest BCUT2D eigenvalue weighted by molar-refractivity contribution is 7.26. The summed E-state index contributed by atoms with van der Waals surface area (Å²) in [7, 11) is 0. The van der Waals surface area contributed by atoms with Crippen molar-refractivity contribution in [1.82, 2.24) is 19.1 Å². The van der Waals surface area contributed by atoms with E-state index in [1.54, 1.807) is 0 Å². The number of hydrogen-bond acceptors (Lipinski definition) is 3. The summed E-state index contributed by atoms with van der Waals surface area (Å²) >= 11 is 1.85. The Morgan fingerprint density at radius 1 is 0.396 bits per heavy atom. The van der Waals surface area contributed by atoms with Crippen molar-refractivity contribution in [3.05, 3.63) is 170 Å². The molecule has 4 aromatic heterocycles. The van der Waals surface area contributed by atoms with E-state index < -0.39 is 0 Å². The van der Waals surface area contributed by atoms with Gasteiger partial charge in [-0.1, -0.05) is 109 Å². The summed E-state index contributed by atoms with van der Waals surface area (Å²) < 4.78 is 7.20. The largest absolute Gasteiger partial charge is 0.309 e. The highest BCUT2D eigenvalue weighted by Gasteiger charge is 2.23. The maximum absolute atomic E-state index is 5.56. The van der Waals surface area contributed by atoms with Gasteiger partial charge in [-0.25, -0.2) is 9.97 Å². The van der Waals surface area contributed by atoms with Crippen molar-refractivity contribution in [2.75, 3.05) is 0 Å². The number of fused-ring (bicyclic) bond motifs is 12. The van der Waals surface area contributed by atoms with E-state index in [4.69, 9.17) is 9.97 Å². The lowest BCUT2D eigenvalue weighted by atomic mass is 9.99. The van der Waals surface area contributed by atoms with Crippen molar-refractivity contribution in [2.24, 2.45) is 0 Å². The van der Waals surface area contributed by atoms with Crippen molar-refractivity contribution in [3.8, 4) is 22.9 Å². The van der Waals surface area contributed by atoms with Crippen molar-refractivity contribution in [3.63, 3.8) is 0 Å². The van der Waals surface area contributed by atoms with Gasteiger partial charge in [0.25, 0.3) is 0 Å². The molecule has 0 N–H and O–H groups in total. The van der Waals surface area contributed by atoms with Crippen LogP contribution in [0, 0.1) is 0 Å². The summed E-state index contributed by atoms with van der Waals surface area (Å²) in [6, 6.07) is 61.0. The molecule has 0 radical (unpaired) electrons. The molecule has 0 saturated heterocycles. The van der Waals surface area contributed by atoms with Crippen LogP contribution in [0.5, 0.6) is 0 Å². The average molecular weight is 693 g/mol. The second-order valence-corrected chi connectivity index (χ2v) is 14.8. The van der Waals surface area contributed by atoms with Gasteiger partial charge in [-0.05, 0) is 71.4 Å². The molecule has 0 fully saturated rings. The number of nitrogens with zero attached hydrogens (tertiary/aromatic N) is 4. The number of thiophene rings is 1. The molecule has 53 heavy (non-hydrogen) atoms. The zero-order valence-corrected chi connectivity index (χ0v) is 29.2. The molecule has 0 aliphatic rings. The van der Waals surface area contributed by atoms with Crippen LogP contribution in [0.4, 0.5) is 0 Å². The highest BCUT2D eigenvalue weighted by atomic mass is 32.1. The van der Waals surface area contributed by atoms with Gasteiger partial charge in [-0.3, -0.25) is 4.57 Å². The van der Waals surface area contributed by atoms with E-state index in [0.29, 0.717) is 5.95 Å². The second-order valence-electron chi connectivity index (χ2n) is 13.8. The van der Waals surface area contributed by atoms with Crippen LogP contribution in [0.15, 0.2) is 170 Å². The smallest absolute Gasteiger partial charge is 0.235 e. The lowest BCUT2D eigenvalue weighted by Gasteiger charge is -2.13. The van der Waals surface area contributed by atoms with Gasteiger partial charge >= 0.3 is 0 Å². The molecule has 4 heterocycles. The normalized spacial score (nSPS) is 12.2. The fraction of sp³-hybridized carbons (Fsp3) is 0. The summed E-state index contributed by atoms with van der Waals surface area (Å²) in [5, 5.41) is 10.9. The highest BCUT2D eigenvalue weighted by Crippen LogP contribution is 2.45. The quantitative estimate of drug-likeness (QED) is 0.185. The van der Waals surface area contributed by atoms with Gasteiger partial charge in [0, 0.05) is 58.4 Å². The van der Waals surface area contributed by atoms with E-state index in [0.717, 1.165) is 38.9 Å². The Morgan fingerprint density at radius 2 is 1.02 bits per heavy atom. The first kappa shape index (κ1) is 28.8. The lowest BCUT2D eigenvalue weighted by molar-refractivity contribution is 1.01. The Labute approximate surface area is 307 Å². The van der Waals surface area contributed by atoms with Crippen LogP contribution >= 0.6 is 11.3 Å². The van der Waals surface area contributed by atoms with Crippen LogP contribution in [0.2, 0.25) is 0 Å². The van der Waals surface area contributed by atoms with Gasteiger partial charge in [0.15, 0.2) is 0 Å². The molecule has 0 spiro atoms. The molecule has 0 aliphatic heterocycles. The van der Waals surface area contributed by atoms with Crippen molar-refractivity contribution >= 4 is 96.8 Å². The summed E-state index contributed by atoms with van der Waals surface area (Å²) in [6.45, 7) is 0. The van der Waals surface area contributed by atoms with E-state index in [1.807, 2.05) is 11.3 Å².